The number of nitrogens with one attached hydrogen (secondary N) is 2. The summed E-state index contributed by atoms with van der Waals surface area (Å²) < 4.78 is 10.4. The fraction of sp³-hybridized carbons (Fsp3) is 0.312. The molecule has 0 atom stereocenters. The number of rotatable bonds is 8. The van der Waals surface area contributed by atoms with Gasteiger partial charge in [-0.1, -0.05) is 12.1 Å². The van der Waals surface area contributed by atoms with E-state index in [-0.39, 0.29) is 5.91 Å². The second-order valence-electron chi connectivity index (χ2n) is 4.60. The van der Waals surface area contributed by atoms with E-state index in [0.29, 0.717) is 31.3 Å². The minimum atomic E-state index is -0.233. The molecule has 1 heterocycles. The van der Waals surface area contributed by atoms with E-state index in [1.807, 2.05) is 31.2 Å². The number of hydrogen-bond donors (Lipinski definition) is 2. The summed E-state index contributed by atoms with van der Waals surface area (Å²) in [7, 11) is 1.58. The van der Waals surface area contributed by atoms with E-state index < -0.39 is 0 Å². The Morgan fingerprint density at radius 2 is 1.96 bits per heavy atom. The number of carbonyl (C=O) groups is 1. The Balaban J connectivity index is 2.01. The topological polar surface area (TPSA) is 85.4 Å². The van der Waals surface area contributed by atoms with Gasteiger partial charge in [-0.2, -0.15) is 0 Å². The van der Waals surface area contributed by atoms with Crippen LogP contribution in [0, 0.1) is 0 Å². The maximum atomic E-state index is 11.8. The van der Waals surface area contributed by atoms with Crippen molar-refractivity contribution in [3.63, 3.8) is 0 Å². The number of benzene rings is 1. The van der Waals surface area contributed by atoms with Gasteiger partial charge in [0.2, 0.25) is 5.95 Å². The third kappa shape index (κ3) is 4.93. The number of para-hydroxylation sites is 2. The summed E-state index contributed by atoms with van der Waals surface area (Å²) in [6.45, 7) is 3.39. The Hall–Kier alpha value is -2.67. The van der Waals surface area contributed by atoms with Crippen LogP contribution >= 0.6 is 0 Å². The highest BCUT2D eigenvalue weighted by Gasteiger charge is 2.08. The van der Waals surface area contributed by atoms with Crippen LogP contribution in [-0.2, 0) is 4.74 Å². The zero-order valence-electron chi connectivity index (χ0n) is 13.2. The van der Waals surface area contributed by atoms with Crippen LogP contribution in [0.2, 0.25) is 0 Å². The Labute approximate surface area is 135 Å². The standard InChI is InChI=1S/C16H20N4O3/c1-3-23-14-7-5-4-6-13(14)20-16-18-10-12(11-19-16)15(21)17-8-9-22-2/h4-7,10-11H,3,8-9H2,1-2H3,(H,17,21)(H,18,19,20). The number of carbonyl (C=O) groups excluding carboxylic acids is 1. The van der Waals surface area contributed by atoms with Gasteiger partial charge in [0.1, 0.15) is 5.75 Å². The molecule has 0 aliphatic rings. The van der Waals surface area contributed by atoms with Gasteiger partial charge in [-0.25, -0.2) is 9.97 Å². The van der Waals surface area contributed by atoms with Crippen LogP contribution in [0.25, 0.3) is 0 Å². The number of hydrogen-bond acceptors (Lipinski definition) is 6. The van der Waals surface area contributed by atoms with Gasteiger partial charge >= 0.3 is 0 Å². The average Bonchev–Trinajstić information content (AvgIpc) is 2.58. The van der Waals surface area contributed by atoms with Crippen molar-refractivity contribution >= 4 is 17.5 Å². The smallest absolute Gasteiger partial charge is 0.254 e. The molecule has 0 fully saturated rings. The maximum absolute atomic E-state index is 11.8. The van der Waals surface area contributed by atoms with Crippen LogP contribution in [0.3, 0.4) is 0 Å². The summed E-state index contributed by atoms with van der Waals surface area (Å²) in [5.41, 5.74) is 1.16. The summed E-state index contributed by atoms with van der Waals surface area (Å²) in [4.78, 5) is 20.2. The minimum absolute atomic E-state index is 0.233. The molecule has 122 valence electrons. The summed E-state index contributed by atoms with van der Waals surface area (Å²) in [6, 6.07) is 7.52. The number of nitrogens with zero attached hydrogens (tertiary/aromatic N) is 2. The molecule has 0 unspecified atom stereocenters. The Kier molecular flexibility index (Phi) is 6.31. The lowest BCUT2D eigenvalue weighted by Gasteiger charge is -2.11. The van der Waals surface area contributed by atoms with Crippen LogP contribution in [-0.4, -0.2) is 42.7 Å². The molecule has 2 rings (SSSR count). The number of anilines is 2. The number of methoxy groups -OCH3 is 1. The SMILES string of the molecule is CCOc1ccccc1Nc1ncc(C(=O)NCCOC)cn1. The molecule has 0 saturated heterocycles. The van der Waals surface area contributed by atoms with Crippen molar-refractivity contribution in [1.29, 1.82) is 0 Å². The normalized spacial score (nSPS) is 10.2. The Bertz CT molecular complexity index is 631. The number of aromatic nitrogens is 2. The first kappa shape index (κ1) is 16.7. The molecule has 2 N–H and O–H groups in total. The van der Waals surface area contributed by atoms with Gasteiger partial charge in [0.05, 0.1) is 24.5 Å². The number of ether oxygens (including phenoxy) is 2. The molecule has 0 aliphatic carbocycles. The molecule has 1 aromatic heterocycles. The van der Waals surface area contributed by atoms with Gasteiger partial charge in [-0.15, -0.1) is 0 Å². The largest absolute Gasteiger partial charge is 0.492 e. The summed E-state index contributed by atoms with van der Waals surface area (Å²) >= 11 is 0. The fourth-order valence-corrected chi connectivity index (χ4v) is 1.85. The Morgan fingerprint density at radius 3 is 2.65 bits per heavy atom. The van der Waals surface area contributed by atoms with E-state index in [4.69, 9.17) is 9.47 Å². The molecule has 1 aromatic carbocycles. The van der Waals surface area contributed by atoms with Gasteiger partial charge in [0.15, 0.2) is 0 Å². The first-order valence-corrected chi connectivity index (χ1v) is 7.32. The van der Waals surface area contributed by atoms with E-state index >= 15 is 0 Å². The van der Waals surface area contributed by atoms with Crippen LogP contribution in [0.15, 0.2) is 36.7 Å². The van der Waals surface area contributed by atoms with Crippen LogP contribution < -0.4 is 15.4 Å². The average molecular weight is 316 g/mol. The lowest BCUT2D eigenvalue weighted by atomic mass is 10.3. The molecular weight excluding hydrogens is 296 g/mol. The van der Waals surface area contributed by atoms with Crippen molar-refractivity contribution in [2.24, 2.45) is 0 Å². The zero-order valence-corrected chi connectivity index (χ0v) is 13.2. The zero-order chi connectivity index (χ0) is 16.5. The number of amides is 1. The molecule has 0 radical (unpaired) electrons. The van der Waals surface area contributed by atoms with E-state index in [9.17, 15) is 4.79 Å². The van der Waals surface area contributed by atoms with Crippen molar-refractivity contribution in [3.8, 4) is 5.75 Å². The van der Waals surface area contributed by atoms with Crippen LogP contribution in [0.1, 0.15) is 17.3 Å². The van der Waals surface area contributed by atoms with E-state index in [1.165, 1.54) is 12.4 Å². The summed E-state index contributed by atoms with van der Waals surface area (Å²) in [6.07, 6.45) is 2.95. The van der Waals surface area contributed by atoms with Gasteiger partial charge in [-0.05, 0) is 19.1 Å². The predicted molar refractivity (Wildman–Crippen MR) is 87.1 cm³/mol. The first-order chi connectivity index (χ1) is 11.2. The second-order valence-corrected chi connectivity index (χ2v) is 4.60. The lowest BCUT2D eigenvalue weighted by Crippen LogP contribution is -2.27. The molecule has 23 heavy (non-hydrogen) atoms. The second kappa shape index (κ2) is 8.70. The highest BCUT2D eigenvalue weighted by atomic mass is 16.5. The van der Waals surface area contributed by atoms with Gasteiger partial charge in [0, 0.05) is 26.0 Å². The molecule has 1 amide bonds. The van der Waals surface area contributed by atoms with Gasteiger partial charge in [-0.3, -0.25) is 4.79 Å². The molecule has 0 saturated carbocycles. The molecule has 0 bridgehead atoms. The van der Waals surface area contributed by atoms with Crippen molar-refractivity contribution in [3.05, 3.63) is 42.2 Å². The van der Waals surface area contributed by atoms with Crippen molar-refractivity contribution < 1.29 is 14.3 Å². The highest BCUT2D eigenvalue weighted by molar-refractivity contribution is 5.93. The van der Waals surface area contributed by atoms with E-state index in [2.05, 4.69) is 20.6 Å². The molecule has 0 spiro atoms. The molecule has 7 nitrogen and oxygen atoms in total. The maximum Gasteiger partial charge on any atom is 0.254 e. The van der Waals surface area contributed by atoms with Crippen molar-refractivity contribution in [1.82, 2.24) is 15.3 Å². The van der Waals surface area contributed by atoms with E-state index in [1.54, 1.807) is 7.11 Å². The molecule has 2 aromatic rings. The fourth-order valence-electron chi connectivity index (χ4n) is 1.85. The minimum Gasteiger partial charge on any atom is -0.492 e. The highest BCUT2D eigenvalue weighted by Crippen LogP contribution is 2.25. The molecule has 7 heteroatoms. The molecular formula is C16H20N4O3. The van der Waals surface area contributed by atoms with Crippen molar-refractivity contribution in [2.45, 2.75) is 6.92 Å². The lowest BCUT2D eigenvalue weighted by molar-refractivity contribution is 0.0936. The Morgan fingerprint density at radius 1 is 1.22 bits per heavy atom. The van der Waals surface area contributed by atoms with Gasteiger partial charge < -0.3 is 20.1 Å². The first-order valence-electron chi connectivity index (χ1n) is 7.32. The van der Waals surface area contributed by atoms with Crippen LogP contribution in [0.4, 0.5) is 11.6 Å². The van der Waals surface area contributed by atoms with E-state index in [0.717, 1.165) is 11.4 Å². The van der Waals surface area contributed by atoms with Crippen LogP contribution in [0.5, 0.6) is 5.75 Å². The third-order valence-electron chi connectivity index (χ3n) is 2.94. The van der Waals surface area contributed by atoms with Crippen molar-refractivity contribution in [2.75, 3.05) is 32.2 Å². The monoisotopic (exact) mass is 316 g/mol. The third-order valence-corrected chi connectivity index (χ3v) is 2.94. The molecule has 0 aliphatic heterocycles. The predicted octanol–water partition coefficient (Wildman–Crippen LogP) is 2.00. The van der Waals surface area contributed by atoms with Gasteiger partial charge in [0.25, 0.3) is 5.91 Å². The summed E-state index contributed by atoms with van der Waals surface area (Å²) in [5, 5.41) is 5.79. The summed E-state index contributed by atoms with van der Waals surface area (Å²) in [5.74, 6) is 0.883. The quantitative estimate of drug-likeness (QED) is 0.725.